The Morgan fingerprint density at radius 1 is 1.00 bits per heavy atom. The minimum absolute atomic E-state index is 0.000202. The standard InChI is InChI=1S/C25H26N2O6S/c1-17-7-10-22(34(30,31)27-11-13-32-14-12-27)16-23(17)25(29)33-18(2)24(28)26-21-9-8-19-5-3-4-6-20(19)15-21/h3-10,15-16,18H,11-14H2,1-2H3,(H,26,28). The van der Waals surface area contributed by atoms with Crippen molar-refractivity contribution in [2.45, 2.75) is 24.8 Å². The van der Waals surface area contributed by atoms with Crippen LogP contribution in [0, 0.1) is 6.92 Å². The second-order valence-electron chi connectivity index (χ2n) is 8.09. The van der Waals surface area contributed by atoms with Crippen molar-refractivity contribution in [1.82, 2.24) is 4.31 Å². The van der Waals surface area contributed by atoms with E-state index in [9.17, 15) is 18.0 Å². The number of carbonyl (C=O) groups is 2. The van der Waals surface area contributed by atoms with Crippen molar-refractivity contribution in [3.63, 3.8) is 0 Å². The summed E-state index contributed by atoms with van der Waals surface area (Å²) in [5.74, 6) is -1.25. The number of carbonyl (C=O) groups excluding carboxylic acids is 2. The number of esters is 1. The lowest BCUT2D eigenvalue weighted by Crippen LogP contribution is -2.40. The van der Waals surface area contributed by atoms with Crippen molar-refractivity contribution in [2.24, 2.45) is 0 Å². The molecule has 1 saturated heterocycles. The fraction of sp³-hybridized carbons (Fsp3) is 0.280. The summed E-state index contributed by atoms with van der Waals surface area (Å²) in [5, 5.41) is 4.77. The van der Waals surface area contributed by atoms with Crippen molar-refractivity contribution in [1.29, 1.82) is 0 Å². The molecule has 1 aliphatic heterocycles. The molecule has 1 heterocycles. The zero-order valence-electron chi connectivity index (χ0n) is 19.0. The number of fused-ring (bicyclic) bond motifs is 1. The first-order chi connectivity index (χ1) is 16.3. The Morgan fingerprint density at radius 2 is 1.71 bits per heavy atom. The molecule has 1 aliphatic rings. The Bertz CT molecular complexity index is 1330. The van der Waals surface area contributed by atoms with Gasteiger partial charge in [-0.2, -0.15) is 4.31 Å². The maximum absolute atomic E-state index is 13.0. The number of morpholine rings is 1. The molecule has 3 aromatic carbocycles. The van der Waals surface area contributed by atoms with Crippen molar-refractivity contribution < 1.29 is 27.5 Å². The quantitative estimate of drug-likeness (QED) is 0.541. The fourth-order valence-corrected chi connectivity index (χ4v) is 5.14. The number of nitrogens with one attached hydrogen (secondary N) is 1. The number of nitrogens with zero attached hydrogens (tertiary/aromatic N) is 1. The van der Waals surface area contributed by atoms with E-state index < -0.39 is 28.0 Å². The van der Waals surface area contributed by atoms with Crippen LogP contribution in [0.15, 0.2) is 65.6 Å². The number of sulfonamides is 1. The molecule has 0 radical (unpaired) electrons. The number of amides is 1. The fourth-order valence-electron chi connectivity index (χ4n) is 3.71. The van der Waals surface area contributed by atoms with Crippen LogP contribution < -0.4 is 5.32 Å². The van der Waals surface area contributed by atoms with Crippen LogP contribution in [0.4, 0.5) is 5.69 Å². The van der Waals surface area contributed by atoms with Gasteiger partial charge in [-0.15, -0.1) is 0 Å². The summed E-state index contributed by atoms with van der Waals surface area (Å²) in [6, 6.07) is 17.6. The van der Waals surface area contributed by atoms with E-state index in [1.807, 2.05) is 36.4 Å². The van der Waals surface area contributed by atoms with Gasteiger partial charge < -0.3 is 14.8 Å². The van der Waals surface area contributed by atoms with E-state index >= 15 is 0 Å². The molecule has 1 unspecified atom stereocenters. The monoisotopic (exact) mass is 482 g/mol. The number of hydrogen-bond acceptors (Lipinski definition) is 6. The van der Waals surface area contributed by atoms with E-state index in [0.717, 1.165) is 10.8 Å². The average Bonchev–Trinajstić information content (AvgIpc) is 2.84. The van der Waals surface area contributed by atoms with Crippen molar-refractivity contribution in [2.75, 3.05) is 31.6 Å². The largest absolute Gasteiger partial charge is 0.449 e. The Hall–Kier alpha value is -3.27. The molecule has 0 spiro atoms. The molecule has 0 aromatic heterocycles. The lowest BCUT2D eigenvalue weighted by molar-refractivity contribution is -0.123. The number of aryl methyl sites for hydroxylation is 1. The lowest BCUT2D eigenvalue weighted by Gasteiger charge is -2.26. The van der Waals surface area contributed by atoms with E-state index in [2.05, 4.69) is 5.32 Å². The first-order valence-corrected chi connectivity index (χ1v) is 12.4. The molecule has 9 heteroatoms. The highest BCUT2D eigenvalue weighted by atomic mass is 32.2. The predicted octanol–water partition coefficient (Wildman–Crippen LogP) is 3.35. The zero-order valence-corrected chi connectivity index (χ0v) is 19.8. The SMILES string of the molecule is Cc1ccc(S(=O)(=O)N2CCOCC2)cc1C(=O)OC(C)C(=O)Nc1ccc2ccccc2c1. The normalized spacial score (nSPS) is 15.6. The van der Waals surface area contributed by atoms with Gasteiger partial charge in [0, 0.05) is 18.8 Å². The highest BCUT2D eigenvalue weighted by Gasteiger charge is 2.28. The highest BCUT2D eigenvalue weighted by molar-refractivity contribution is 7.89. The van der Waals surface area contributed by atoms with E-state index in [1.165, 1.54) is 23.4 Å². The molecule has 1 fully saturated rings. The van der Waals surface area contributed by atoms with E-state index in [4.69, 9.17) is 9.47 Å². The topological polar surface area (TPSA) is 102 Å². The molecule has 3 aromatic rings. The minimum Gasteiger partial charge on any atom is -0.449 e. The molecule has 4 rings (SSSR count). The molecule has 34 heavy (non-hydrogen) atoms. The summed E-state index contributed by atoms with van der Waals surface area (Å²) in [6.07, 6.45) is -1.09. The van der Waals surface area contributed by atoms with E-state index in [1.54, 1.807) is 19.1 Å². The molecule has 0 bridgehead atoms. The molecule has 8 nitrogen and oxygen atoms in total. The van der Waals surface area contributed by atoms with Crippen LogP contribution in [0.1, 0.15) is 22.8 Å². The number of rotatable bonds is 6. The second-order valence-corrected chi connectivity index (χ2v) is 10.0. The lowest BCUT2D eigenvalue weighted by atomic mass is 10.1. The summed E-state index contributed by atoms with van der Waals surface area (Å²) in [5.41, 5.74) is 1.23. The van der Waals surface area contributed by atoms with Gasteiger partial charge in [-0.1, -0.05) is 36.4 Å². The van der Waals surface area contributed by atoms with Gasteiger partial charge in [-0.05, 0) is 54.4 Å². The van der Waals surface area contributed by atoms with Gasteiger partial charge in [0.15, 0.2) is 6.10 Å². The van der Waals surface area contributed by atoms with Gasteiger partial charge in [0.1, 0.15) is 0 Å². The third-order valence-electron chi connectivity index (χ3n) is 5.71. The molecule has 0 saturated carbocycles. The summed E-state index contributed by atoms with van der Waals surface area (Å²) in [6.45, 7) is 4.30. The second kappa shape index (κ2) is 9.92. The third kappa shape index (κ3) is 5.11. The molecule has 1 atom stereocenters. The Morgan fingerprint density at radius 3 is 2.44 bits per heavy atom. The van der Waals surface area contributed by atoms with Gasteiger partial charge in [0.05, 0.1) is 23.7 Å². The predicted molar refractivity (Wildman–Crippen MR) is 128 cm³/mol. The van der Waals surface area contributed by atoms with Gasteiger partial charge >= 0.3 is 5.97 Å². The average molecular weight is 483 g/mol. The Labute approximate surface area is 198 Å². The van der Waals surface area contributed by atoms with Gasteiger partial charge in [0.25, 0.3) is 5.91 Å². The number of anilines is 1. The van der Waals surface area contributed by atoms with Crippen LogP contribution in [0.3, 0.4) is 0 Å². The van der Waals surface area contributed by atoms with Crippen LogP contribution in [-0.4, -0.2) is 57.0 Å². The third-order valence-corrected chi connectivity index (χ3v) is 7.60. The van der Waals surface area contributed by atoms with Gasteiger partial charge in [-0.3, -0.25) is 4.79 Å². The smallest absolute Gasteiger partial charge is 0.339 e. The van der Waals surface area contributed by atoms with Crippen molar-refractivity contribution in [3.8, 4) is 0 Å². The van der Waals surface area contributed by atoms with Gasteiger partial charge in [0.2, 0.25) is 10.0 Å². The first kappa shape index (κ1) is 23.9. The van der Waals surface area contributed by atoms with Crippen LogP contribution >= 0.6 is 0 Å². The van der Waals surface area contributed by atoms with Crippen LogP contribution in [-0.2, 0) is 24.3 Å². The summed E-state index contributed by atoms with van der Waals surface area (Å²) >= 11 is 0. The zero-order chi connectivity index (χ0) is 24.3. The van der Waals surface area contributed by atoms with Crippen LogP contribution in [0.2, 0.25) is 0 Å². The number of ether oxygens (including phenoxy) is 2. The van der Waals surface area contributed by atoms with E-state index in [-0.39, 0.29) is 23.5 Å². The van der Waals surface area contributed by atoms with Gasteiger partial charge in [-0.25, -0.2) is 13.2 Å². The molecule has 1 N–H and O–H groups in total. The number of hydrogen-bond donors (Lipinski definition) is 1. The molecule has 1 amide bonds. The maximum atomic E-state index is 13.0. The first-order valence-electron chi connectivity index (χ1n) is 10.9. The van der Waals surface area contributed by atoms with Crippen LogP contribution in [0.25, 0.3) is 10.8 Å². The van der Waals surface area contributed by atoms with Crippen LogP contribution in [0.5, 0.6) is 0 Å². The summed E-state index contributed by atoms with van der Waals surface area (Å²) in [4.78, 5) is 25.5. The minimum atomic E-state index is -3.77. The number of benzene rings is 3. The maximum Gasteiger partial charge on any atom is 0.339 e. The molecule has 178 valence electrons. The highest BCUT2D eigenvalue weighted by Crippen LogP contribution is 2.22. The summed E-state index contributed by atoms with van der Waals surface area (Å²) < 4.78 is 37.8. The van der Waals surface area contributed by atoms with Crippen molar-refractivity contribution in [3.05, 3.63) is 71.8 Å². The molecule has 0 aliphatic carbocycles. The van der Waals surface area contributed by atoms with Crippen molar-refractivity contribution >= 4 is 38.4 Å². The molecular weight excluding hydrogens is 456 g/mol. The van der Waals surface area contributed by atoms with E-state index in [0.29, 0.717) is 24.5 Å². The molecular formula is C25H26N2O6S. The Kier molecular flexibility index (Phi) is 6.97. The summed E-state index contributed by atoms with van der Waals surface area (Å²) in [7, 11) is -3.77. The Balaban J connectivity index is 1.46.